The molecular weight excluding hydrogens is 417 g/mol. The van der Waals surface area contributed by atoms with Gasteiger partial charge in [-0.1, -0.05) is 48.5 Å². The maximum Gasteiger partial charge on any atom is 0.253 e. The summed E-state index contributed by atoms with van der Waals surface area (Å²) in [6.45, 7) is 1.14. The van der Waals surface area contributed by atoms with E-state index in [-0.39, 0.29) is 24.2 Å². The number of carbonyl (C=O) groups is 2. The minimum atomic E-state index is -0.539. The Kier molecular flexibility index (Phi) is 5.65. The van der Waals surface area contributed by atoms with E-state index >= 15 is 0 Å². The summed E-state index contributed by atoms with van der Waals surface area (Å²) < 4.78 is 13.4. The van der Waals surface area contributed by atoms with Gasteiger partial charge < -0.3 is 15.2 Å². The van der Waals surface area contributed by atoms with Crippen LogP contribution < -0.4 is 5.32 Å². The van der Waals surface area contributed by atoms with Crippen LogP contribution in [0.25, 0.3) is 10.9 Å². The van der Waals surface area contributed by atoms with Crippen molar-refractivity contribution in [3.63, 3.8) is 0 Å². The number of rotatable bonds is 4. The summed E-state index contributed by atoms with van der Waals surface area (Å²) in [6.07, 6.45) is 0.634. The number of benzene rings is 3. The van der Waals surface area contributed by atoms with Crippen LogP contribution in [0.15, 0.2) is 78.9 Å². The van der Waals surface area contributed by atoms with Crippen molar-refractivity contribution >= 4 is 22.7 Å². The van der Waals surface area contributed by atoms with Crippen molar-refractivity contribution in [2.24, 2.45) is 0 Å². The van der Waals surface area contributed by atoms with Crippen molar-refractivity contribution in [3.8, 4) is 0 Å². The van der Waals surface area contributed by atoms with E-state index in [2.05, 4.69) is 10.3 Å². The van der Waals surface area contributed by atoms with E-state index in [1.165, 1.54) is 24.3 Å². The number of nitrogens with one attached hydrogen (secondary N) is 2. The third-order valence-corrected chi connectivity index (χ3v) is 6.23. The molecule has 2 heterocycles. The third kappa shape index (κ3) is 4.24. The third-order valence-electron chi connectivity index (χ3n) is 6.23. The summed E-state index contributed by atoms with van der Waals surface area (Å²) in [7, 11) is 0. The SMILES string of the molecule is O=C(NCc1ccccc1)C1CN(C(=O)c2ccc(F)cc2)CCc2c1[nH]c1ccccc21. The molecule has 4 aromatic rings. The Bertz CT molecular complexity index is 1300. The second kappa shape index (κ2) is 8.90. The summed E-state index contributed by atoms with van der Waals surface area (Å²) in [5.41, 5.74) is 4.34. The molecule has 5 rings (SSSR count). The summed E-state index contributed by atoms with van der Waals surface area (Å²) in [4.78, 5) is 31.7. The van der Waals surface area contributed by atoms with Crippen molar-refractivity contribution in [1.82, 2.24) is 15.2 Å². The first-order valence-electron chi connectivity index (χ1n) is 11.1. The molecule has 0 bridgehead atoms. The molecule has 0 saturated heterocycles. The maximum atomic E-state index is 13.4. The summed E-state index contributed by atoms with van der Waals surface area (Å²) in [6, 6.07) is 23.3. The van der Waals surface area contributed by atoms with Crippen molar-refractivity contribution in [3.05, 3.63) is 107 Å². The molecule has 5 nitrogen and oxygen atoms in total. The van der Waals surface area contributed by atoms with Gasteiger partial charge in [0.15, 0.2) is 0 Å². The largest absolute Gasteiger partial charge is 0.357 e. The Labute approximate surface area is 191 Å². The lowest BCUT2D eigenvalue weighted by molar-refractivity contribution is -0.123. The smallest absolute Gasteiger partial charge is 0.253 e. The van der Waals surface area contributed by atoms with E-state index in [1.807, 2.05) is 54.6 Å². The van der Waals surface area contributed by atoms with Gasteiger partial charge in [0, 0.05) is 41.8 Å². The maximum absolute atomic E-state index is 13.4. The van der Waals surface area contributed by atoms with E-state index in [0.717, 1.165) is 27.7 Å². The molecule has 1 unspecified atom stereocenters. The minimum Gasteiger partial charge on any atom is -0.357 e. The lowest BCUT2D eigenvalue weighted by Crippen LogP contribution is -2.39. The Morgan fingerprint density at radius 1 is 0.970 bits per heavy atom. The minimum absolute atomic E-state index is 0.134. The quantitative estimate of drug-likeness (QED) is 0.493. The number of fused-ring (bicyclic) bond motifs is 3. The van der Waals surface area contributed by atoms with Crippen LogP contribution in [0.5, 0.6) is 0 Å². The van der Waals surface area contributed by atoms with Gasteiger partial charge >= 0.3 is 0 Å². The number of hydrogen-bond donors (Lipinski definition) is 2. The standard InChI is InChI=1S/C27H24FN3O2/c28-20-12-10-19(11-13-20)27(33)31-15-14-22-21-8-4-5-9-24(21)30-25(22)23(17-31)26(32)29-16-18-6-2-1-3-7-18/h1-13,23,30H,14-17H2,(H,29,32). The highest BCUT2D eigenvalue weighted by Crippen LogP contribution is 2.32. The van der Waals surface area contributed by atoms with Gasteiger partial charge in [-0.25, -0.2) is 4.39 Å². The number of hydrogen-bond acceptors (Lipinski definition) is 2. The number of H-pyrrole nitrogens is 1. The van der Waals surface area contributed by atoms with E-state index in [4.69, 9.17) is 0 Å². The number of aromatic nitrogens is 1. The lowest BCUT2D eigenvalue weighted by Gasteiger charge is -2.24. The summed E-state index contributed by atoms with van der Waals surface area (Å²) in [5, 5.41) is 4.12. The first-order chi connectivity index (χ1) is 16.1. The fourth-order valence-corrected chi connectivity index (χ4v) is 4.52. The summed E-state index contributed by atoms with van der Waals surface area (Å²) >= 11 is 0. The van der Waals surface area contributed by atoms with Crippen molar-refractivity contribution in [2.75, 3.05) is 13.1 Å². The number of aromatic amines is 1. The van der Waals surface area contributed by atoms with Gasteiger partial charge in [0.1, 0.15) is 5.82 Å². The zero-order valence-corrected chi connectivity index (χ0v) is 18.1. The molecule has 166 valence electrons. The Morgan fingerprint density at radius 3 is 2.48 bits per heavy atom. The molecule has 6 heteroatoms. The Morgan fingerprint density at radius 2 is 1.70 bits per heavy atom. The second-order valence-electron chi connectivity index (χ2n) is 8.33. The van der Waals surface area contributed by atoms with Crippen LogP contribution in [0.2, 0.25) is 0 Å². The molecule has 3 aromatic carbocycles. The zero-order chi connectivity index (χ0) is 22.8. The predicted octanol–water partition coefficient (Wildman–Crippen LogP) is 4.41. The molecule has 0 radical (unpaired) electrons. The molecule has 33 heavy (non-hydrogen) atoms. The molecule has 2 N–H and O–H groups in total. The van der Waals surface area contributed by atoms with Crippen molar-refractivity contribution < 1.29 is 14.0 Å². The number of nitrogens with zero attached hydrogens (tertiary/aromatic N) is 1. The molecule has 1 aromatic heterocycles. The molecular formula is C27H24FN3O2. The van der Waals surface area contributed by atoms with Gasteiger partial charge in [0.05, 0.1) is 5.92 Å². The number of amides is 2. The number of halogens is 1. The highest BCUT2D eigenvalue weighted by atomic mass is 19.1. The average Bonchev–Trinajstić information content (AvgIpc) is 3.11. The highest BCUT2D eigenvalue weighted by Gasteiger charge is 2.33. The van der Waals surface area contributed by atoms with E-state index in [1.54, 1.807) is 4.90 Å². The first-order valence-corrected chi connectivity index (χ1v) is 11.1. The van der Waals surface area contributed by atoms with Gasteiger partial charge in [-0.2, -0.15) is 0 Å². The predicted molar refractivity (Wildman–Crippen MR) is 125 cm³/mol. The van der Waals surface area contributed by atoms with Crippen LogP contribution in [0.3, 0.4) is 0 Å². The van der Waals surface area contributed by atoms with Crippen LogP contribution in [-0.4, -0.2) is 34.8 Å². The zero-order valence-electron chi connectivity index (χ0n) is 18.1. The Hall–Kier alpha value is -3.93. The number of carbonyl (C=O) groups excluding carboxylic acids is 2. The van der Waals surface area contributed by atoms with Crippen LogP contribution in [-0.2, 0) is 17.8 Å². The second-order valence-corrected chi connectivity index (χ2v) is 8.33. The van der Waals surface area contributed by atoms with E-state index < -0.39 is 5.92 Å². The molecule has 0 aliphatic carbocycles. The fraction of sp³-hybridized carbons (Fsp3) is 0.185. The molecule has 1 aliphatic rings. The van der Waals surface area contributed by atoms with Crippen LogP contribution in [0, 0.1) is 5.82 Å². The molecule has 1 atom stereocenters. The first kappa shape index (κ1) is 20.9. The highest BCUT2D eigenvalue weighted by molar-refractivity contribution is 5.96. The van der Waals surface area contributed by atoms with Gasteiger partial charge in [-0.15, -0.1) is 0 Å². The van der Waals surface area contributed by atoms with Crippen LogP contribution >= 0.6 is 0 Å². The fourth-order valence-electron chi connectivity index (χ4n) is 4.52. The van der Waals surface area contributed by atoms with E-state index in [0.29, 0.717) is 25.1 Å². The van der Waals surface area contributed by atoms with Gasteiger partial charge in [0.2, 0.25) is 5.91 Å². The van der Waals surface area contributed by atoms with Crippen LogP contribution in [0.4, 0.5) is 4.39 Å². The van der Waals surface area contributed by atoms with Crippen LogP contribution in [0.1, 0.15) is 33.1 Å². The number of para-hydroxylation sites is 1. The Balaban J connectivity index is 1.46. The van der Waals surface area contributed by atoms with Gasteiger partial charge in [-0.05, 0) is 47.9 Å². The monoisotopic (exact) mass is 441 g/mol. The van der Waals surface area contributed by atoms with Gasteiger partial charge in [-0.3, -0.25) is 9.59 Å². The van der Waals surface area contributed by atoms with Gasteiger partial charge in [0.25, 0.3) is 5.91 Å². The van der Waals surface area contributed by atoms with Crippen molar-refractivity contribution in [1.29, 1.82) is 0 Å². The lowest BCUT2D eigenvalue weighted by atomic mass is 9.98. The summed E-state index contributed by atoms with van der Waals surface area (Å²) in [5.74, 6) is -1.26. The topological polar surface area (TPSA) is 65.2 Å². The molecule has 1 aliphatic heterocycles. The average molecular weight is 442 g/mol. The van der Waals surface area contributed by atoms with E-state index in [9.17, 15) is 14.0 Å². The molecule has 2 amide bonds. The molecule has 0 spiro atoms. The molecule has 0 fully saturated rings. The van der Waals surface area contributed by atoms with Crippen molar-refractivity contribution in [2.45, 2.75) is 18.9 Å². The molecule has 0 saturated carbocycles. The normalized spacial score (nSPS) is 15.7.